The molecule has 0 N–H and O–H groups in total. The fraction of sp³-hybridized carbons (Fsp3) is 0.522. The van der Waals surface area contributed by atoms with Gasteiger partial charge in [-0.3, -0.25) is 4.79 Å². The summed E-state index contributed by atoms with van der Waals surface area (Å²) in [6.07, 6.45) is 0. The van der Waals surface area contributed by atoms with Crippen molar-refractivity contribution in [2.75, 3.05) is 31.1 Å². The molecule has 2 aromatic rings. The fourth-order valence-electron chi connectivity index (χ4n) is 3.90. The van der Waals surface area contributed by atoms with Crippen LogP contribution in [0, 0.1) is 19.8 Å². The van der Waals surface area contributed by atoms with Crippen molar-refractivity contribution in [2.24, 2.45) is 5.92 Å². The highest BCUT2D eigenvalue weighted by Crippen LogP contribution is 2.31. The van der Waals surface area contributed by atoms with Crippen molar-refractivity contribution in [3.63, 3.8) is 0 Å². The van der Waals surface area contributed by atoms with E-state index in [1.165, 1.54) is 11.1 Å². The number of anilines is 1. The van der Waals surface area contributed by atoms with E-state index in [0.29, 0.717) is 5.92 Å². The average Bonchev–Trinajstić information content (AvgIpc) is 2.66. The molecular formula is C23H32N4O. The zero-order valence-corrected chi connectivity index (χ0v) is 18.0. The van der Waals surface area contributed by atoms with Gasteiger partial charge in [0.05, 0.1) is 0 Å². The van der Waals surface area contributed by atoms with Gasteiger partial charge < -0.3 is 9.80 Å². The van der Waals surface area contributed by atoms with Crippen LogP contribution in [-0.4, -0.2) is 47.0 Å². The van der Waals surface area contributed by atoms with Gasteiger partial charge in [0.25, 0.3) is 0 Å². The number of benzene rings is 1. The van der Waals surface area contributed by atoms with E-state index in [1.807, 2.05) is 18.7 Å². The van der Waals surface area contributed by atoms with E-state index in [2.05, 4.69) is 56.9 Å². The van der Waals surface area contributed by atoms with Crippen LogP contribution in [-0.2, 0) is 4.79 Å². The molecule has 0 unspecified atom stereocenters. The van der Waals surface area contributed by atoms with Gasteiger partial charge >= 0.3 is 0 Å². The summed E-state index contributed by atoms with van der Waals surface area (Å²) in [5.74, 6) is 2.43. The Morgan fingerprint density at radius 2 is 1.68 bits per heavy atom. The minimum Gasteiger partial charge on any atom is -0.353 e. The van der Waals surface area contributed by atoms with Gasteiger partial charge in [0.2, 0.25) is 5.91 Å². The molecule has 0 aliphatic carbocycles. The molecule has 1 aromatic heterocycles. The maximum absolute atomic E-state index is 12.3. The van der Waals surface area contributed by atoms with Crippen molar-refractivity contribution in [3.05, 3.63) is 41.1 Å². The molecule has 0 spiro atoms. The van der Waals surface area contributed by atoms with Crippen LogP contribution in [0.1, 0.15) is 50.4 Å². The third-order valence-corrected chi connectivity index (χ3v) is 5.35. The standard InChI is InChI=1S/C23H32N4O/c1-15(2)20-18(6)24-21(19-9-7-8-17(5)14-19)25-22(20)26-10-12-27(13-11-26)23(28)16(3)4/h7-9,14-16H,10-13H2,1-6H3. The third kappa shape index (κ3) is 4.18. The molecule has 1 amide bonds. The first-order chi connectivity index (χ1) is 13.3. The second-order valence-corrected chi connectivity index (χ2v) is 8.36. The molecule has 0 atom stereocenters. The smallest absolute Gasteiger partial charge is 0.225 e. The number of hydrogen-bond donors (Lipinski definition) is 0. The van der Waals surface area contributed by atoms with Gasteiger partial charge in [-0.1, -0.05) is 51.5 Å². The van der Waals surface area contributed by atoms with Gasteiger partial charge in [0.1, 0.15) is 5.82 Å². The van der Waals surface area contributed by atoms with Crippen molar-refractivity contribution in [1.29, 1.82) is 0 Å². The number of amides is 1. The van der Waals surface area contributed by atoms with E-state index >= 15 is 0 Å². The van der Waals surface area contributed by atoms with Crippen LogP contribution in [0.3, 0.4) is 0 Å². The zero-order valence-electron chi connectivity index (χ0n) is 18.0. The number of rotatable bonds is 4. The Hall–Kier alpha value is -2.43. The van der Waals surface area contributed by atoms with Crippen LogP contribution >= 0.6 is 0 Å². The number of carbonyl (C=O) groups is 1. The second-order valence-electron chi connectivity index (χ2n) is 8.36. The second kappa shape index (κ2) is 8.29. The summed E-state index contributed by atoms with van der Waals surface area (Å²) in [6.45, 7) is 15.6. The summed E-state index contributed by atoms with van der Waals surface area (Å²) < 4.78 is 0. The van der Waals surface area contributed by atoms with Crippen LogP contribution in [0.2, 0.25) is 0 Å². The molecule has 1 aromatic carbocycles. The van der Waals surface area contributed by atoms with E-state index in [9.17, 15) is 4.79 Å². The predicted molar refractivity (Wildman–Crippen MR) is 115 cm³/mol. The Morgan fingerprint density at radius 1 is 1.00 bits per heavy atom. The van der Waals surface area contributed by atoms with E-state index in [0.717, 1.165) is 49.1 Å². The molecule has 0 saturated carbocycles. The Kier molecular flexibility index (Phi) is 6.01. The van der Waals surface area contributed by atoms with Crippen LogP contribution in [0.5, 0.6) is 0 Å². The van der Waals surface area contributed by atoms with Gasteiger partial charge in [-0.05, 0) is 25.8 Å². The van der Waals surface area contributed by atoms with Gasteiger partial charge in [0, 0.05) is 48.9 Å². The summed E-state index contributed by atoms with van der Waals surface area (Å²) in [5.41, 5.74) is 4.50. The number of carbonyl (C=O) groups excluding carboxylic acids is 1. The number of piperazine rings is 1. The lowest BCUT2D eigenvalue weighted by Crippen LogP contribution is -2.50. The normalized spacial score (nSPS) is 14.9. The van der Waals surface area contributed by atoms with Crippen LogP contribution in [0.25, 0.3) is 11.4 Å². The summed E-state index contributed by atoms with van der Waals surface area (Å²) in [5, 5.41) is 0. The quantitative estimate of drug-likeness (QED) is 0.798. The topological polar surface area (TPSA) is 49.3 Å². The largest absolute Gasteiger partial charge is 0.353 e. The van der Waals surface area contributed by atoms with Gasteiger partial charge in [0.15, 0.2) is 5.82 Å². The monoisotopic (exact) mass is 380 g/mol. The average molecular weight is 381 g/mol. The SMILES string of the molecule is Cc1cccc(-c2nc(C)c(C(C)C)c(N3CCN(C(=O)C(C)C)CC3)n2)c1. The van der Waals surface area contributed by atoms with E-state index in [1.54, 1.807) is 0 Å². The molecule has 28 heavy (non-hydrogen) atoms. The Morgan fingerprint density at radius 3 is 2.25 bits per heavy atom. The van der Waals surface area contributed by atoms with Crippen LogP contribution in [0.4, 0.5) is 5.82 Å². The van der Waals surface area contributed by atoms with Crippen molar-refractivity contribution >= 4 is 11.7 Å². The third-order valence-electron chi connectivity index (χ3n) is 5.35. The summed E-state index contributed by atoms with van der Waals surface area (Å²) in [7, 11) is 0. The Bertz CT molecular complexity index is 852. The van der Waals surface area contributed by atoms with Crippen LogP contribution < -0.4 is 4.90 Å². The van der Waals surface area contributed by atoms with E-state index in [4.69, 9.17) is 9.97 Å². The fourth-order valence-corrected chi connectivity index (χ4v) is 3.90. The molecule has 5 heteroatoms. The molecule has 2 heterocycles. The summed E-state index contributed by atoms with van der Waals surface area (Å²) in [4.78, 5) is 26.5. The molecular weight excluding hydrogens is 348 g/mol. The molecule has 1 fully saturated rings. The minimum atomic E-state index is 0.0481. The lowest BCUT2D eigenvalue weighted by molar-refractivity contribution is -0.134. The first-order valence-corrected chi connectivity index (χ1v) is 10.3. The molecule has 150 valence electrons. The zero-order chi connectivity index (χ0) is 20.4. The highest BCUT2D eigenvalue weighted by atomic mass is 16.2. The summed E-state index contributed by atoms with van der Waals surface area (Å²) in [6, 6.07) is 8.34. The van der Waals surface area contributed by atoms with Crippen molar-refractivity contribution in [1.82, 2.24) is 14.9 Å². The first kappa shape index (κ1) is 20.3. The van der Waals surface area contributed by atoms with Crippen molar-refractivity contribution in [2.45, 2.75) is 47.5 Å². The highest BCUT2D eigenvalue weighted by Gasteiger charge is 2.27. The molecule has 1 aliphatic rings. The number of aryl methyl sites for hydroxylation is 2. The number of aromatic nitrogens is 2. The molecule has 5 nitrogen and oxygen atoms in total. The van der Waals surface area contributed by atoms with Gasteiger partial charge in [-0.15, -0.1) is 0 Å². The lowest BCUT2D eigenvalue weighted by atomic mass is 10.0. The molecule has 3 rings (SSSR count). The van der Waals surface area contributed by atoms with Crippen molar-refractivity contribution in [3.8, 4) is 11.4 Å². The van der Waals surface area contributed by atoms with Crippen molar-refractivity contribution < 1.29 is 4.79 Å². The minimum absolute atomic E-state index is 0.0481. The van der Waals surface area contributed by atoms with E-state index in [-0.39, 0.29) is 11.8 Å². The maximum atomic E-state index is 12.3. The first-order valence-electron chi connectivity index (χ1n) is 10.3. The van der Waals surface area contributed by atoms with Gasteiger partial charge in [-0.2, -0.15) is 0 Å². The molecule has 0 bridgehead atoms. The predicted octanol–water partition coefficient (Wildman–Crippen LogP) is 4.19. The maximum Gasteiger partial charge on any atom is 0.225 e. The van der Waals surface area contributed by atoms with Gasteiger partial charge in [-0.25, -0.2) is 9.97 Å². The number of hydrogen-bond acceptors (Lipinski definition) is 4. The Labute approximate surface area is 168 Å². The molecule has 0 radical (unpaired) electrons. The Balaban J connectivity index is 1.94. The lowest BCUT2D eigenvalue weighted by Gasteiger charge is -2.37. The summed E-state index contributed by atoms with van der Waals surface area (Å²) >= 11 is 0. The molecule has 1 saturated heterocycles. The highest BCUT2D eigenvalue weighted by molar-refractivity contribution is 5.78. The molecule has 1 aliphatic heterocycles. The number of nitrogens with zero attached hydrogens (tertiary/aromatic N) is 4. The van der Waals surface area contributed by atoms with Crippen LogP contribution in [0.15, 0.2) is 24.3 Å². The van der Waals surface area contributed by atoms with E-state index < -0.39 is 0 Å².